The summed E-state index contributed by atoms with van der Waals surface area (Å²) in [4.78, 5) is 17.1. The van der Waals surface area contributed by atoms with Crippen molar-refractivity contribution in [3.8, 4) is 0 Å². The van der Waals surface area contributed by atoms with Crippen molar-refractivity contribution >= 4 is 5.91 Å². The van der Waals surface area contributed by atoms with E-state index in [9.17, 15) is 9.18 Å². The zero-order valence-electron chi connectivity index (χ0n) is 16.0. The van der Waals surface area contributed by atoms with Crippen molar-refractivity contribution in [3.63, 3.8) is 0 Å². The Morgan fingerprint density at radius 1 is 1.04 bits per heavy atom. The van der Waals surface area contributed by atoms with Gasteiger partial charge in [0.2, 0.25) is 0 Å². The Hall–Kier alpha value is -2.24. The van der Waals surface area contributed by atoms with Crippen LogP contribution in [0.15, 0.2) is 48.5 Å². The van der Waals surface area contributed by atoms with Crippen molar-refractivity contribution in [2.45, 2.75) is 19.9 Å². The summed E-state index contributed by atoms with van der Waals surface area (Å²) in [5.41, 5.74) is 2.58. The van der Waals surface area contributed by atoms with Gasteiger partial charge in [0.25, 0.3) is 5.91 Å². The fourth-order valence-electron chi connectivity index (χ4n) is 3.45. The number of piperazine rings is 1. The summed E-state index contributed by atoms with van der Waals surface area (Å²) in [6, 6.07) is 14.9. The molecule has 5 heteroatoms. The molecule has 0 atom stereocenters. The van der Waals surface area contributed by atoms with Gasteiger partial charge < -0.3 is 10.2 Å². The van der Waals surface area contributed by atoms with E-state index < -0.39 is 0 Å². The number of benzene rings is 2. The van der Waals surface area contributed by atoms with E-state index in [2.05, 4.69) is 45.4 Å². The molecule has 27 heavy (non-hydrogen) atoms. The molecule has 0 bridgehead atoms. The zero-order valence-corrected chi connectivity index (χ0v) is 16.0. The lowest BCUT2D eigenvalue weighted by Gasteiger charge is -2.34. The Morgan fingerprint density at radius 2 is 1.74 bits per heavy atom. The first kappa shape index (κ1) is 19.5. The molecule has 1 heterocycles. The highest BCUT2D eigenvalue weighted by molar-refractivity contribution is 5.95. The maximum absolute atomic E-state index is 13.3. The van der Waals surface area contributed by atoms with Gasteiger partial charge in [-0.2, -0.15) is 0 Å². The molecule has 0 unspecified atom stereocenters. The van der Waals surface area contributed by atoms with Crippen LogP contribution < -0.4 is 5.32 Å². The van der Waals surface area contributed by atoms with Gasteiger partial charge in [0.15, 0.2) is 0 Å². The van der Waals surface area contributed by atoms with E-state index in [-0.39, 0.29) is 11.7 Å². The lowest BCUT2D eigenvalue weighted by atomic mass is 10.1. The van der Waals surface area contributed by atoms with Gasteiger partial charge in [0.05, 0.1) is 0 Å². The van der Waals surface area contributed by atoms with Crippen LogP contribution in [0.5, 0.6) is 0 Å². The van der Waals surface area contributed by atoms with Crippen LogP contribution in [0.1, 0.15) is 27.9 Å². The van der Waals surface area contributed by atoms with Gasteiger partial charge >= 0.3 is 0 Å². The monoisotopic (exact) mass is 369 g/mol. The van der Waals surface area contributed by atoms with Gasteiger partial charge in [-0.3, -0.25) is 9.69 Å². The SMILES string of the molecule is Cc1ccc(F)cc1C(=O)NCCCN1CCN(Cc2ccccc2)CC1. The van der Waals surface area contributed by atoms with Crippen LogP contribution in [0.3, 0.4) is 0 Å². The third kappa shape index (κ3) is 5.88. The molecule has 0 aromatic heterocycles. The molecule has 4 nitrogen and oxygen atoms in total. The number of nitrogens with one attached hydrogen (secondary N) is 1. The molecule has 0 aliphatic carbocycles. The molecule has 144 valence electrons. The number of amides is 1. The zero-order chi connectivity index (χ0) is 19.1. The number of hydrogen-bond donors (Lipinski definition) is 1. The van der Waals surface area contributed by atoms with E-state index in [1.807, 2.05) is 6.92 Å². The van der Waals surface area contributed by atoms with E-state index in [4.69, 9.17) is 0 Å². The third-order valence-corrected chi connectivity index (χ3v) is 5.09. The van der Waals surface area contributed by atoms with Crippen LogP contribution in [0, 0.1) is 12.7 Å². The Balaban J connectivity index is 1.33. The molecule has 0 radical (unpaired) electrons. The number of carbonyl (C=O) groups is 1. The number of aryl methyl sites for hydroxylation is 1. The minimum atomic E-state index is -0.376. The number of nitrogens with zero attached hydrogens (tertiary/aromatic N) is 2. The van der Waals surface area contributed by atoms with Crippen LogP contribution >= 0.6 is 0 Å². The highest BCUT2D eigenvalue weighted by Crippen LogP contribution is 2.11. The highest BCUT2D eigenvalue weighted by atomic mass is 19.1. The van der Waals surface area contributed by atoms with Gasteiger partial charge in [0.1, 0.15) is 5.82 Å². The number of rotatable bonds is 7. The third-order valence-electron chi connectivity index (χ3n) is 5.09. The molecule has 1 fully saturated rings. The van der Waals surface area contributed by atoms with Crippen molar-refractivity contribution in [1.29, 1.82) is 0 Å². The van der Waals surface area contributed by atoms with Crippen molar-refractivity contribution in [2.75, 3.05) is 39.3 Å². The topological polar surface area (TPSA) is 35.6 Å². The molecule has 0 saturated carbocycles. The molecule has 1 aliphatic heterocycles. The van der Waals surface area contributed by atoms with Crippen molar-refractivity contribution < 1.29 is 9.18 Å². The first-order valence-corrected chi connectivity index (χ1v) is 9.65. The first-order chi connectivity index (χ1) is 13.1. The molecule has 1 N–H and O–H groups in total. The predicted octanol–water partition coefficient (Wildman–Crippen LogP) is 3.07. The molecule has 1 amide bonds. The van der Waals surface area contributed by atoms with Gasteiger partial charge in [-0.1, -0.05) is 36.4 Å². The van der Waals surface area contributed by atoms with Crippen LogP contribution in [-0.4, -0.2) is 55.0 Å². The van der Waals surface area contributed by atoms with Gasteiger partial charge in [-0.15, -0.1) is 0 Å². The minimum absolute atomic E-state index is 0.195. The van der Waals surface area contributed by atoms with Gasteiger partial charge in [-0.05, 0) is 43.1 Å². The molecule has 2 aromatic carbocycles. The summed E-state index contributed by atoms with van der Waals surface area (Å²) < 4.78 is 13.3. The van der Waals surface area contributed by atoms with Crippen LogP contribution in [0.25, 0.3) is 0 Å². The fraction of sp³-hybridized carbons (Fsp3) is 0.409. The molecule has 1 saturated heterocycles. The Bertz CT molecular complexity index is 742. The average molecular weight is 369 g/mol. The lowest BCUT2D eigenvalue weighted by Crippen LogP contribution is -2.46. The summed E-state index contributed by atoms with van der Waals surface area (Å²) >= 11 is 0. The molecule has 2 aromatic rings. The maximum Gasteiger partial charge on any atom is 0.251 e. The van der Waals surface area contributed by atoms with Gasteiger partial charge in [-0.25, -0.2) is 4.39 Å². The Kier molecular flexibility index (Phi) is 6.96. The summed E-state index contributed by atoms with van der Waals surface area (Å²) in [7, 11) is 0. The molecule has 3 rings (SSSR count). The second-order valence-corrected chi connectivity index (χ2v) is 7.17. The Labute approximate surface area is 161 Å². The standard InChI is InChI=1S/C22H28FN3O/c1-18-8-9-20(23)16-21(18)22(27)24-10-5-11-25-12-14-26(15-13-25)17-19-6-3-2-4-7-19/h2-4,6-9,16H,5,10-15,17H2,1H3,(H,24,27). The molecule has 1 aliphatic rings. The quantitative estimate of drug-likeness (QED) is 0.762. The molecule has 0 spiro atoms. The highest BCUT2D eigenvalue weighted by Gasteiger charge is 2.16. The van der Waals surface area contributed by atoms with Crippen LogP contribution in [-0.2, 0) is 6.54 Å². The number of hydrogen-bond acceptors (Lipinski definition) is 3. The van der Waals surface area contributed by atoms with Crippen molar-refractivity contribution in [2.24, 2.45) is 0 Å². The maximum atomic E-state index is 13.3. The summed E-state index contributed by atoms with van der Waals surface area (Å²) in [6.07, 6.45) is 0.902. The minimum Gasteiger partial charge on any atom is -0.352 e. The smallest absolute Gasteiger partial charge is 0.251 e. The molecular weight excluding hydrogens is 341 g/mol. The number of carbonyl (C=O) groups excluding carboxylic acids is 1. The van der Waals surface area contributed by atoms with Crippen LogP contribution in [0.4, 0.5) is 4.39 Å². The van der Waals surface area contributed by atoms with E-state index in [1.165, 1.54) is 17.7 Å². The van der Waals surface area contributed by atoms with E-state index in [0.29, 0.717) is 12.1 Å². The van der Waals surface area contributed by atoms with Crippen molar-refractivity contribution in [1.82, 2.24) is 15.1 Å². The van der Waals surface area contributed by atoms with Crippen molar-refractivity contribution in [3.05, 3.63) is 71.0 Å². The Morgan fingerprint density at radius 3 is 2.48 bits per heavy atom. The first-order valence-electron chi connectivity index (χ1n) is 9.65. The second-order valence-electron chi connectivity index (χ2n) is 7.17. The van der Waals surface area contributed by atoms with Gasteiger partial charge in [0, 0.05) is 44.8 Å². The lowest BCUT2D eigenvalue weighted by molar-refractivity contribution is 0.0946. The number of halogens is 1. The summed E-state index contributed by atoms with van der Waals surface area (Å²) in [5, 5.41) is 2.91. The fourth-order valence-corrected chi connectivity index (χ4v) is 3.45. The van der Waals surface area contributed by atoms with E-state index >= 15 is 0 Å². The predicted molar refractivity (Wildman–Crippen MR) is 106 cm³/mol. The summed E-state index contributed by atoms with van der Waals surface area (Å²) in [5.74, 6) is -0.571. The van der Waals surface area contributed by atoms with E-state index in [0.717, 1.165) is 51.3 Å². The largest absolute Gasteiger partial charge is 0.352 e. The normalized spacial score (nSPS) is 15.6. The summed E-state index contributed by atoms with van der Waals surface area (Å²) in [6.45, 7) is 8.68. The van der Waals surface area contributed by atoms with E-state index in [1.54, 1.807) is 6.07 Å². The second kappa shape index (κ2) is 9.62. The van der Waals surface area contributed by atoms with Crippen LogP contribution in [0.2, 0.25) is 0 Å². The molecular formula is C22H28FN3O. The average Bonchev–Trinajstić information content (AvgIpc) is 2.69.